The van der Waals surface area contributed by atoms with Gasteiger partial charge in [-0.25, -0.2) is 0 Å². The van der Waals surface area contributed by atoms with Crippen molar-refractivity contribution in [2.75, 3.05) is 13.2 Å². The topological polar surface area (TPSA) is 27.7 Å². The van der Waals surface area contributed by atoms with Crippen LogP contribution in [0.4, 0.5) is 92.2 Å². The van der Waals surface area contributed by atoms with Crippen LogP contribution in [0.2, 0.25) is 0 Å². The van der Waals surface area contributed by atoms with Gasteiger partial charge in [0.25, 0.3) is 6.48 Å². The molecule has 0 rings (SSSR count). The summed E-state index contributed by atoms with van der Waals surface area (Å²) < 4.78 is 294. The van der Waals surface area contributed by atoms with Gasteiger partial charge in [0.1, 0.15) is 6.10 Å². The zero-order chi connectivity index (χ0) is 33.7. The van der Waals surface area contributed by atoms with Gasteiger partial charge in [-0.2, -0.15) is 92.2 Å². The fraction of sp³-hybridized carbons (Fsp3) is 1.00. The molecule has 24 heteroatoms. The van der Waals surface area contributed by atoms with E-state index in [1.807, 2.05) is 0 Å². The number of hydrogen-bond acceptors (Lipinski definition) is 3. The second kappa shape index (κ2) is 11.2. The maximum absolute atomic E-state index is 14.1. The zero-order valence-electron chi connectivity index (χ0n) is 19.7. The van der Waals surface area contributed by atoms with E-state index < -0.39 is 85.3 Å². The quantitative estimate of drug-likeness (QED) is 0.131. The molecule has 0 bridgehead atoms. The predicted octanol–water partition coefficient (Wildman–Crippen LogP) is 8.03. The first-order valence-corrected chi connectivity index (χ1v) is 10.0. The first-order valence-electron chi connectivity index (χ1n) is 10.0. The number of ether oxygens (including phenoxy) is 3. The first kappa shape index (κ1) is 39.4. The third-order valence-electron chi connectivity index (χ3n) is 4.97. The van der Waals surface area contributed by atoms with Gasteiger partial charge in [-0.15, -0.1) is 0 Å². The van der Waals surface area contributed by atoms with E-state index in [2.05, 4.69) is 14.2 Å². The molecule has 0 amide bonds. The minimum Gasteiger partial charge on any atom is -0.330 e. The van der Waals surface area contributed by atoms with Crippen LogP contribution in [0, 0.1) is 0 Å². The van der Waals surface area contributed by atoms with Crippen molar-refractivity contribution in [1.82, 2.24) is 0 Å². The molecule has 0 N–H and O–H groups in total. The van der Waals surface area contributed by atoms with Crippen LogP contribution in [0.25, 0.3) is 0 Å². The third-order valence-corrected chi connectivity index (χ3v) is 4.97. The number of hydrogen-bond donors (Lipinski definition) is 0. The monoisotopic (exact) mass is 666 g/mol. The van der Waals surface area contributed by atoms with Crippen molar-refractivity contribution < 1.29 is 106 Å². The molecule has 41 heavy (non-hydrogen) atoms. The molecule has 0 aromatic heterocycles. The Morgan fingerprint density at radius 3 is 0.902 bits per heavy atom. The summed E-state index contributed by atoms with van der Waals surface area (Å²) in [7, 11) is 0. The highest BCUT2D eigenvalue weighted by atomic mass is 19.4. The van der Waals surface area contributed by atoms with Crippen molar-refractivity contribution in [3.8, 4) is 0 Å². The Balaban J connectivity index is 6.95. The minimum absolute atomic E-state index is 0.367. The Morgan fingerprint density at radius 1 is 0.415 bits per heavy atom. The van der Waals surface area contributed by atoms with Gasteiger partial charge in [-0.05, 0) is 20.8 Å². The van der Waals surface area contributed by atoms with Gasteiger partial charge in [0.2, 0.25) is 0 Å². The molecule has 0 heterocycles. The molecule has 248 valence electrons. The molecule has 0 aromatic carbocycles. The van der Waals surface area contributed by atoms with Gasteiger partial charge in [-0.3, -0.25) is 0 Å². The van der Waals surface area contributed by atoms with Gasteiger partial charge in [0.05, 0.1) is 0 Å². The Hall–Kier alpha value is -1.59. The van der Waals surface area contributed by atoms with Gasteiger partial charge < -0.3 is 14.2 Å². The van der Waals surface area contributed by atoms with E-state index in [-0.39, 0.29) is 6.92 Å². The molecule has 0 spiro atoms. The largest absolute Gasteiger partial charge is 0.460 e. The van der Waals surface area contributed by atoms with Crippen molar-refractivity contribution in [1.29, 1.82) is 0 Å². The maximum Gasteiger partial charge on any atom is 0.460 e. The van der Waals surface area contributed by atoms with Gasteiger partial charge in [-0.1, -0.05) is 0 Å². The van der Waals surface area contributed by atoms with E-state index >= 15 is 0 Å². The summed E-state index contributed by atoms with van der Waals surface area (Å²) in [6.07, 6.45) is -11.9. The average molecular weight is 666 g/mol. The highest BCUT2D eigenvalue weighted by Crippen LogP contribution is 2.66. The fourth-order valence-corrected chi connectivity index (χ4v) is 2.48. The molecule has 0 saturated carbocycles. The molecule has 0 aliphatic rings. The van der Waals surface area contributed by atoms with Crippen molar-refractivity contribution in [3.05, 3.63) is 0 Å². The van der Waals surface area contributed by atoms with Crippen LogP contribution < -0.4 is 0 Å². The van der Waals surface area contributed by atoms with Crippen molar-refractivity contribution in [2.45, 2.75) is 92.8 Å². The van der Waals surface area contributed by atoms with E-state index in [4.69, 9.17) is 0 Å². The van der Waals surface area contributed by atoms with Gasteiger partial charge in [0, 0.05) is 13.2 Å². The van der Waals surface area contributed by atoms with Gasteiger partial charge in [0.15, 0.2) is 0 Å². The van der Waals surface area contributed by atoms with E-state index in [0.717, 1.165) is 13.8 Å². The van der Waals surface area contributed by atoms with Crippen LogP contribution in [0.3, 0.4) is 0 Å². The summed E-state index contributed by atoms with van der Waals surface area (Å²) in [4.78, 5) is 0. The SMILES string of the molecule is CCOC(OCC)O[C@@H](C)C(F)(F)C(F)(F)C(F)(F)C(F)(F)C(F)(F)C(F)(F)C(F)(F)C(F)(F)C(F)(F)C(F)(F)F. The molecule has 0 radical (unpaired) electrons. The molecule has 3 nitrogen and oxygen atoms in total. The predicted molar refractivity (Wildman–Crippen MR) is 88.2 cm³/mol. The van der Waals surface area contributed by atoms with Crippen LogP contribution in [0.1, 0.15) is 20.8 Å². The second-order valence-electron chi connectivity index (χ2n) is 7.69. The molecule has 0 aliphatic carbocycles. The standard InChI is InChI=1S/C17H15F21O3/c1-4-39-7(40-5-2)41-6(3)8(18,19)9(20,21)10(22,23)11(24,25)12(26,27)13(28,29)14(30,31)15(32,33)16(34,35)17(36,37)38/h6-7H,4-5H2,1-3H3/t6-/m0/s1. The molecule has 1 atom stereocenters. The lowest BCUT2D eigenvalue weighted by molar-refractivity contribution is -0.476. The molecular formula is C17H15F21O3. The Morgan fingerprint density at radius 2 is 0.659 bits per heavy atom. The number of alkyl halides is 21. The summed E-state index contributed by atoms with van der Waals surface area (Å²) in [5.74, 6) is -77.7. The van der Waals surface area contributed by atoms with Crippen molar-refractivity contribution in [2.24, 2.45) is 0 Å². The fourth-order valence-electron chi connectivity index (χ4n) is 2.48. The van der Waals surface area contributed by atoms with Crippen LogP contribution in [0.15, 0.2) is 0 Å². The smallest absolute Gasteiger partial charge is 0.330 e. The molecule has 0 fully saturated rings. The Labute approximate surface area is 213 Å². The zero-order valence-corrected chi connectivity index (χ0v) is 19.7. The lowest BCUT2D eigenvalue weighted by Crippen LogP contribution is -2.77. The number of rotatable bonds is 15. The highest BCUT2D eigenvalue weighted by molar-refractivity contribution is 5.18. The molecule has 0 unspecified atom stereocenters. The third kappa shape index (κ3) is 5.59. The summed E-state index contributed by atoms with van der Waals surface area (Å²) in [6, 6.07) is 0. The minimum atomic E-state index is -9.21. The van der Waals surface area contributed by atoms with E-state index in [1.165, 1.54) is 0 Å². The van der Waals surface area contributed by atoms with Crippen LogP contribution in [-0.4, -0.2) is 85.3 Å². The van der Waals surface area contributed by atoms with Crippen molar-refractivity contribution in [3.63, 3.8) is 0 Å². The summed E-state index contributed by atoms with van der Waals surface area (Å²) in [5.41, 5.74) is 0. The van der Waals surface area contributed by atoms with Crippen LogP contribution in [-0.2, 0) is 14.2 Å². The second-order valence-corrected chi connectivity index (χ2v) is 7.69. The lowest BCUT2D eigenvalue weighted by Gasteiger charge is -2.45. The normalized spacial score (nSPS) is 16.9. The van der Waals surface area contributed by atoms with E-state index in [1.54, 1.807) is 0 Å². The van der Waals surface area contributed by atoms with Crippen LogP contribution in [0.5, 0.6) is 0 Å². The molecule has 0 saturated heterocycles. The highest BCUT2D eigenvalue weighted by Gasteiger charge is 2.98. The number of halogens is 21. The lowest BCUT2D eigenvalue weighted by atomic mass is 9.85. The molecule has 0 aliphatic heterocycles. The summed E-state index contributed by atoms with van der Waals surface area (Å²) in [5, 5.41) is 0. The summed E-state index contributed by atoms with van der Waals surface area (Å²) >= 11 is 0. The Bertz CT molecular complexity index is 875. The Kier molecular flexibility index (Phi) is 10.7. The molecular weight excluding hydrogens is 651 g/mol. The van der Waals surface area contributed by atoms with E-state index in [0.29, 0.717) is 0 Å². The summed E-state index contributed by atoms with van der Waals surface area (Å²) in [6.45, 7) is -1.94. The molecule has 0 aromatic rings. The maximum atomic E-state index is 14.1. The van der Waals surface area contributed by atoms with Gasteiger partial charge >= 0.3 is 59.5 Å². The van der Waals surface area contributed by atoms with Crippen molar-refractivity contribution >= 4 is 0 Å². The average Bonchev–Trinajstić information content (AvgIpc) is 2.77. The van der Waals surface area contributed by atoms with Crippen LogP contribution >= 0.6 is 0 Å². The van der Waals surface area contributed by atoms with E-state index in [9.17, 15) is 92.2 Å². The first-order chi connectivity index (χ1) is 17.7.